The predicted octanol–water partition coefficient (Wildman–Crippen LogP) is 7.42. The van der Waals surface area contributed by atoms with Crippen molar-refractivity contribution in [3.63, 3.8) is 0 Å². The molecule has 2 aromatic carbocycles. The highest BCUT2D eigenvalue weighted by atomic mass is 35.5. The fraction of sp³-hybridized carbons (Fsp3) is 0.410. The van der Waals surface area contributed by atoms with Crippen LogP contribution in [-0.2, 0) is 11.2 Å². The van der Waals surface area contributed by atoms with Crippen molar-refractivity contribution in [2.24, 2.45) is 11.8 Å². The minimum Gasteiger partial charge on any atom is -0.478 e. The summed E-state index contributed by atoms with van der Waals surface area (Å²) in [6.45, 7) is 3.95. The first-order valence-electron chi connectivity index (χ1n) is 17.9. The van der Waals surface area contributed by atoms with Crippen LogP contribution in [0.3, 0.4) is 0 Å². The number of methoxy groups -OCH3 is 2. The van der Waals surface area contributed by atoms with Gasteiger partial charge in [0.25, 0.3) is 5.88 Å². The predicted molar refractivity (Wildman–Crippen MR) is 200 cm³/mol. The summed E-state index contributed by atoms with van der Waals surface area (Å²) in [5, 5.41) is 15.4. The minimum atomic E-state index is -0.505. The van der Waals surface area contributed by atoms with Gasteiger partial charge in [-0.05, 0) is 55.9 Å². The van der Waals surface area contributed by atoms with Gasteiger partial charge in [0.1, 0.15) is 5.52 Å². The monoisotopic (exact) mass is 754 g/mol. The van der Waals surface area contributed by atoms with Gasteiger partial charge in [0.05, 0.1) is 54.0 Å². The van der Waals surface area contributed by atoms with Crippen molar-refractivity contribution >= 4 is 56.9 Å². The lowest BCUT2D eigenvalue weighted by Crippen LogP contribution is -2.45. The number of piperidine rings is 1. The molecule has 4 aliphatic heterocycles. The van der Waals surface area contributed by atoms with E-state index in [-0.39, 0.29) is 47.0 Å². The number of fused-ring (bicyclic) bond motifs is 6. The van der Waals surface area contributed by atoms with Gasteiger partial charge in [-0.25, -0.2) is 24.1 Å². The number of rotatable bonds is 7. The molecule has 5 fully saturated rings. The zero-order valence-electron chi connectivity index (χ0n) is 29.4. The Morgan fingerprint density at radius 3 is 2.68 bits per heavy atom. The number of nitriles is 1. The number of amides is 1. The van der Waals surface area contributed by atoms with Crippen LogP contribution in [0.2, 0.25) is 10.0 Å². The topological polar surface area (TPSA) is 121 Å². The van der Waals surface area contributed by atoms with Gasteiger partial charge in [-0.2, -0.15) is 5.26 Å². The Morgan fingerprint density at radius 1 is 1.11 bits per heavy atom. The van der Waals surface area contributed by atoms with E-state index in [0.29, 0.717) is 69.9 Å². The summed E-state index contributed by atoms with van der Waals surface area (Å²) in [4.78, 5) is 31.8. The van der Waals surface area contributed by atoms with E-state index in [1.54, 1.807) is 37.7 Å². The first kappa shape index (κ1) is 34.1. The summed E-state index contributed by atoms with van der Waals surface area (Å²) >= 11 is 13.1. The van der Waals surface area contributed by atoms with Crippen LogP contribution in [0.4, 0.5) is 15.0 Å². The number of pyridine rings is 1. The number of hydrogen-bond donors (Lipinski definition) is 1. The van der Waals surface area contributed by atoms with Crippen LogP contribution in [0.1, 0.15) is 48.3 Å². The summed E-state index contributed by atoms with van der Waals surface area (Å²) in [7, 11) is 3.00. The van der Waals surface area contributed by atoms with Gasteiger partial charge in [-0.3, -0.25) is 4.90 Å². The van der Waals surface area contributed by atoms with Crippen molar-refractivity contribution in [1.29, 1.82) is 5.26 Å². The summed E-state index contributed by atoms with van der Waals surface area (Å²) in [5.74, 6) is 0.960. The van der Waals surface area contributed by atoms with E-state index >= 15 is 4.39 Å². The number of nitrogens with one attached hydrogen (secondary N) is 1. The van der Waals surface area contributed by atoms with E-state index in [4.69, 9.17) is 37.7 Å². The smallest absolute Gasteiger partial charge is 0.410 e. The Kier molecular flexibility index (Phi) is 8.37. The normalized spacial score (nSPS) is 24.5. The zero-order chi connectivity index (χ0) is 36.7. The summed E-state index contributed by atoms with van der Waals surface area (Å²) in [6, 6.07) is 11.4. The highest BCUT2D eigenvalue weighted by molar-refractivity contribution is 6.43. The molecule has 272 valence electrons. The molecule has 0 radical (unpaired) electrons. The fourth-order valence-corrected chi connectivity index (χ4v) is 10.1. The van der Waals surface area contributed by atoms with E-state index in [9.17, 15) is 10.1 Å². The summed E-state index contributed by atoms with van der Waals surface area (Å²) in [6.07, 6.45) is 5.19. The number of aromatic nitrogens is 4. The second-order valence-corrected chi connectivity index (χ2v) is 15.3. The molecule has 7 heterocycles. The molecule has 53 heavy (non-hydrogen) atoms. The van der Waals surface area contributed by atoms with Crippen molar-refractivity contribution in [3.05, 3.63) is 75.5 Å². The molecule has 4 bridgehead atoms. The van der Waals surface area contributed by atoms with Gasteiger partial charge >= 0.3 is 6.09 Å². The maximum atomic E-state index is 17.3. The van der Waals surface area contributed by atoms with E-state index in [1.807, 2.05) is 17.9 Å². The lowest BCUT2D eigenvalue weighted by molar-refractivity contribution is 0.0994. The number of carbonyl (C=O) groups excluding carboxylic acids is 1. The maximum absolute atomic E-state index is 17.3. The molecule has 11 nitrogen and oxygen atoms in total. The molecule has 4 saturated heterocycles. The number of hydrogen-bond acceptors (Lipinski definition) is 9. The molecular weight excluding hydrogens is 718 g/mol. The molecule has 1 saturated carbocycles. The lowest BCUT2D eigenvalue weighted by Gasteiger charge is -2.40. The Balaban J connectivity index is 1.29. The Labute approximate surface area is 315 Å². The van der Waals surface area contributed by atoms with Crippen molar-refractivity contribution in [3.8, 4) is 23.1 Å². The number of likely N-dealkylation sites (tertiary alicyclic amines) is 1. The average Bonchev–Trinajstić information content (AvgIpc) is 3.95. The molecule has 14 heteroatoms. The van der Waals surface area contributed by atoms with Gasteiger partial charge in [0.15, 0.2) is 11.6 Å². The van der Waals surface area contributed by atoms with Crippen LogP contribution in [0.15, 0.2) is 42.7 Å². The molecule has 0 spiro atoms. The van der Waals surface area contributed by atoms with Gasteiger partial charge in [0, 0.05) is 83.7 Å². The largest absolute Gasteiger partial charge is 0.478 e. The second-order valence-electron chi connectivity index (χ2n) is 14.5. The Morgan fingerprint density at radius 2 is 1.94 bits per heavy atom. The van der Waals surface area contributed by atoms with Crippen molar-refractivity contribution < 1.29 is 18.7 Å². The molecule has 5 aliphatic rings. The molecule has 1 amide bonds. The first-order chi connectivity index (χ1) is 25.7. The number of carbonyl (C=O) groups is 1. The van der Waals surface area contributed by atoms with Gasteiger partial charge in [-0.15, -0.1) is 0 Å². The highest BCUT2D eigenvalue weighted by Gasteiger charge is 2.54. The number of nitrogens with zero attached hydrogens (tertiary/aromatic N) is 7. The second kappa shape index (κ2) is 13.0. The third-order valence-corrected chi connectivity index (χ3v) is 12.7. The van der Waals surface area contributed by atoms with Crippen LogP contribution in [0, 0.1) is 35.9 Å². The zero-order valence-corrected chi connectivity index (χ0v) is 31.0. The highest BCUT2D eigenvalue weighted by Crippen LogP contribution is 2.53. The van der Waals surface area contributed by atoms with Crippen LogP contribution in [0.25, 0.3) is 32.9 Å². The van der Waals surface area contributed by atoms with Crippen LogP contribution in [-0.4, -0.2) is 76.4 Å². The molecule has 10 rings (SSSR count). The van der Waals surface area contributed by atoms with Gasteiger partial charge < -0.3 is 24.3 Å². The van der Waals surface area contributed by atoms with Crippen molar-refractivity contribution in [2.75, 3.05) is 38.8 Å². The average molecular weight is 756 g/mol. The van der Waals surface area contributed by atoms with Crippen LogP contribution < -0.4 is 15.0 Å². The first-order valence-corrected chi connectivity index (χ1v) is 18.7. The lowest BCUT2D eigenvalue weighted by atomic mass is 9.79. The van der Waals surface area contributed by atoms with Crippen LogP contribution in [0.5, 0.6) is 5.88 Å². The van der Waals surface area contributed by atoms with Crippen LogP contribution >= 0.6 is 23.2 Å². The Bertz CT molecular complexity index is 2350. The number of halogens is 3. The van der Waals surface area contributed by atoms with E-state index in [2.05, 4.69) is 36.9 Å². The summed E-state index contributed by atoms with van der Waals surface area (Å²) < 4.78 is 30.7. The molecule has 0 unspecified atom stereocenters. The minimum absolute atomic E-state index is 0.0207. The molecule has 1 N–H and O–H groups in total. The SMILES string of the molecule is COC(=O)N1[C@@H]2C[C@@H](CN(c3nccnc3OC)C2)[C@@H]1c1cc2c(C)nc3c(F)c(-c4cccc(Cl)c4Cl)c(CCC#N)cc3c2n1[C@H]1[C@H]2CN[C@@H]1C2. The number of aryl methyl sites for hydroxylation is 2. The number of anilines is 1. The summed E-state index contributed by atoms with van der Waals surface area (Å²) in [5.41, 5.74) is 4.17. The third kappa shape index (κ3) is 5.15. The molecule has 3 aromatic heterocycles. The molecule has 1 aliphatic carbocycles. The molecule has 5 aromatic rings. The van der Waals surface area contributed by atoms with E-state index in [1.165, 1.54) is 7.11 Å². The molecule has 6 atom stereocenters. The van der Waals surface area contributed by atoms with Gasteiger partial charge in [-0.1, -0.05) is 35.3 Å². The van der Waals surface area contributed by atoms with Crippen molar-refractivity contribution in [2.45, 2.75) is 56.8 Å². The fourth-order valence-electron chi connectivity index (χ4n) is 9.67. The number of benzene rings is 2. The Hall–Kier alpha value is -4.70. The van der Waals surface area contributed by atoms with E-state index < -0.39 is 11.9 Å². The third-order valence-electron chi connectivity index (χ3n) is 11.9. The number of ether oxygens (including phenoxy) is 2. The maximum Gasteiger partial charge on any atom is 0.410 e. The van der Waals surface area contributed by atoms with E-state index in [0.717, 1.165) is 36.0 Å². The van der Waals surface area contributed by atoms with Crippen molar-refractivity contribution in [1.82, 2.24) is 29.7 Å². The molecular formula is C39H37Cl2FN8O3. The quantitative estimate of drug-likeness (QED) is 0.181. The van der Waals surface area contributed by atoms with Gasteiger partial charge in [0.2, 0.25) is 0 Å². The standard InChI is InChI=1S/C39H37Cl2FN8O3/c1-19-25-15-29(35-22-12-23(49(35)39(51)53-3)18-48(17-22)37-38(52-2)45-11-10-44-37)50(34-21-14-28(34)46-16-21)36(25)26-13-20(6-5-9-43)30(32(42)33(26)47-19)24-7-4-8-27(40)31(24)41/h4,7-8,10-11,13,15,21-23,28,34-35,46H,5-6,12,14,16-18H2,1-3H3/t21-,22+,23-,28-,34+,35-/m1/s1.